The molecular formula is C9H8N4O. The molecule has 14 heavy (non-hydrogen) atoms. The van der Waals surface area contributed by atoms with E-state index in [0.717, 1.165) is 5.56 Å². The Balaban J connectivity index is 2.18. The molecule has 1 N–H and O–H groups in total. The predicted molar refractivity (Wildman–Crippen MR) is 51.1 cm³/mol. The Hall–Kier alpha value is -2.17. The van der Waals surface area contributed by atoms with Crippen molar-refractivity contribution in [3.63, 3.8) is 0 Å². The molecule has 0 aliphatic carbocycles. The number of hydrogen-bond acceptors (Lipinski definition) is 4. The average Bonchev–Trinajstić information content (AvgIpc) is 2.67. The number of aromatic nitrogens is 3. The molecule has 0 saturated heterocycles. The summed E-state index contributed by atoms with van der Waals surface area (Å²) < 4.78 is 1.48. The van der Waals surface area contributed by atoms with Gasteiger partial charge in [0, 0.05) is 0 Å². The second kappa shape index (κ2) is 3.69. The second-order valence-electron chi connectivity index (χ2n) is 2.68. The Morgan fingerprint density at radius 2 is 2.07 bits per heavy atom. The largest absolute Gasteiger partial charge is 0.508 e. The van der Waals surface area contributed by atoms with E-state index in [-0.39, 0.29) is 5.75 Å². The fourth-order valence-electron chi connectivity index (χ4n) is 0.993. The zero-order chi connectivity index (χ0) is 9.80. The molecule has 0 fully saturated rings. The number of nitrogens with zero attached hydrogens (tertiary/aromatic N) is 4. The van der Waals surface area contributed by atoms with Gasteiger partial charge in [-0.15, -0.1) is 10.2 Å². The Morgan fingerprint density at radius 3 is 2.79 bits per heavy atom. The van der Waals surface area contributed by atoms with Gasteiger partial charge in [-0.3, -0.25) is 0 Å². The third-order valence-corrected chi connectivity index (χ3v) is 1.62. The smallest absolute Gasteiger partial charge is 0.141 e. The van der Waals surface area contributed by atoms with Crippen LogP contribution < -0.4 is 0 Å². The standard InChI is InChI=1S/C9H8N4O/c14-9-3-1-2-8(4-9)5-12-13-6-10-11-7-13/h1-7,14H/b12-5-. The van der Waals surface area contributed by atoms with Gasteiger partial charge in [-0.25, -0.2) is 4.68 Å². The van der Waals surface area contributed by atoms with Crippen LogP contribution in [-0.2, 0) is 0 Å². The van der Waals surface area contributed by atoms with E-state index in [2.05, 4.69) is 15.3 Å². The van der Waals surface area contributed by atoms with Crippen molar-refractivity contribution in [3.8, 4) is 5.75 Å². The fraction of sp³-hybridized carbons (Fsp3) is 0. The first-order valence-electron chi connectivity index (χ1n) is 4.02. The number of phenolic OH excluding ortho intramolecular Hbond substituents is 1. The monoisotopic (exact) mass is 188 g/mol. The molecule has 0 spiro atoms. The summed E-state index contributed by atoms with van der Waals surface area (Å²) in [6, 6.07) is 6.82. The van der Waals surface area contributed by atoms with Crippen LogP contribution in [0.5, 0.6) is 5.75 Å². The van der Waals surface area contributed by atoms with Crippen molar-refractivity contribution in [1.29, 1.82) is 0 Å². The highest BCUT2D eigenvalue weighted by Crippen LogP contribution is 2.08. The molecule has 70 valence electrons. The first kappa shape index (κ1) is 8.43. The third kappa shape index (κ3) is 1.95. The summed E-state index contributed by atoms with van der Waals surface area (Å²) >= 11 is 0. The van der Waals surface area contributed by atoms with E-state index in [9.17, 15) is 5.11 Å². The van der Waals surface area contributed by atoms with Gasteiger partial charge in [-0.05, 0) is 17.7 Å². The summed E-state index contributed by atoms with van der Waals surface area (Å²) in [4.78, 5) is 0. The van der Waals surface area contributed by atoms with Crippen molar-refractivity contribution in [2.24, 2.45) is 5.10 Å². The van der Waals surface area contributed by atoms with Crippen LogP contribution in [0.25, 0.3) is 0 Å². The number of benzene rings is 1. The van der Waals surface area contributed by atoms with Gasteiger partial charge in [0.05, 0.1) is 6.21 Å². The molecule has 0 aliphatic rings. The third-order valence-electron chi connectivity index (χ3n) is 1.62. The summed E-state index contributed by atoms with van der Waals surface area (Å²) in [5.74, 6) is 0.220. The summed E-state index contributed by atoms with van der Waals surface area (Å²) in [6.07, 6.45) is 4.58. The highest BCUT2D eigenvalue weighted by Gasteiger charge is 1.90. The van der Waals surface area contributed by atoms with Crippen molar-refractivity contribution < 1.29 is 5.11 Å². The predicted octanol–water partition coefficient (Wildman–Crippen LogP) is 0.866. The first-order valence-corrected chi connectivity index (χ1v) is 4.02. The highest BCUT2D eigenvalue weighted by atomic mass is 16.3. The molecule has 0 unspecified atom stereocenters. The zero-order valence-corrected chi connectivity index (χ0v) is 7.28. The maximum atomic E-state index is 9.18. The molecule has 0 bridgehead atoms. The van der Waals surface area contributed by atoms with Crippen LogP contribution >= 0.6 is 0 Å². The molecule has 0 atom stereocenters. The lowest BCUT2D eigenvalue weighted by molar-refractivity contribution is 0.475. The van der Waals surface area contributed by atoms with E-state index < -0.39 is 0 Å². The average molecular weight is 188 g/mol. The van der Waals surface area contributed by atoms with Crippen LogP contribution in [0, 0.1) is 0 Å². The Bertz CT molecular complexity index is 436. The van der Waals surface area contributed by atoms with Gasteiger partial charge < -0.3 is 5.11 Å². The number of rotatable bonds is 2. The number of hydrogen-bond donors (Lipinski definition) is 1. The summed E-state index contributed by atoms with van der Waals surface area (Å²) in [5.41, 5.74) is 0.818. The topological polar surface area (TPSA) is 63.3 Å². The zero-order valence-electron chi connectivity index (χ0n) is 7.28. The van der Waals surface area contributed by atoms with Gasteiger partial charge in [0.25, 0.3) is 0 Å². The summed E-state index contributed by atoms with van der Waals surface area (Å²) in [5, 5.41) is 20.4. The fourth-order valence-corrected chi connectivity index (χ4v) is 0.993. The van der Waals surface area contributed by atoms with Crippen LogP contribution in [0.1, 0.15) is 5.56 Å². The lowest BCUT2D eigenvalue weighted by Gasteiger charge is -1.93. The molecule has 1 heterocycles. The minimum atomic E-state index is 0.220. The molecule has 2 aromatic rings. The highest BCUT2D eigenvalue weighted by molar-refractivity contribution is 5.79. The Labute approximate surface area is 80.3 Å². The Morgan fingerprint density at radius 1 is 1.29 bits per heavy atom. The summed E-state index contributed by atoms with van der Waals surface area (Å²) in [6.45, 7) is 0. The van der Waals surface area contributed by atoms with Crippen LogP contribution in [-0.4, -0.2) is 26.2 Å². The van der Waals surface area contributed by atoms with E-state index in [1.165, 1.54) is 17.3 Å². The SMILES string of the molecule is Oc1cccc(/C=N\n2cnnc2)c1. The Kier molecular flexibility index (Phi) is 2.22. The van der Waals surface area contributed by atoms with Gasteiger partial charge in [0.2, 0.25) is 0 Å². The van der Waals surface area contributed by atoms with Gasteiger partial charge in [-0.2, -0.15) is 5.10 Å². The molecule has 1 aromatic carbocycles. The van der Waals surface area contributed by atoms with E-state index >= 15 is 0 Å². The molecule has 0 amide bonds. The first-order chi connectivity index (χ1) is 6.84. The van der Waals surface area contributed by atoms with E-state index in [0.29, 0.717) is 0 Å². The maximum Gasteiger partial charge on any atom is 0.141 e. The molecule has 2 rings (SSSR count). The molecular weight excluding hydrogens is 180 g/mol. The van der Waals surface area contributed by atoms with Crippen LogP contribution in [0.2, 0.25) is 0 Å². The minimum Gasteiger partial charge on any atom is -0.508 e. The number of phenols is 1. The molecule has 0 aliphatic heterocycles. The molecule has 5 heteroatoms. The molecule has 0 saturated carbocycles. The maximum absolute atomic E-state index is 9.18. The van der Waals surface area contributed by atoms with Gasteiger partial charge in [-0.1, -0.05) is 12.1 Å². The molecule has 5 nitrogen and oxygen atoms in total. The van der Waals surface area contributed by atoms with Crippen molar-refractivity contribution >= 4 is 6.21 Å². The van der Waals surface area contributed by atoms with E-state index in [1.54, 1.807) is 24.4 Å². The lowest BCUT2D eigenvalue weighted by atomic mass is 10.2. The quantitative estimate of drug-likeness (QED) is 0.711. The normalized spacial score (nSPS) is 10.9. The van der Waals surface area contributed by atoms with Crippen molar-refractivity contribution in [2.45, 2.75) is 0 Å². The second-order valence-corrected chi connectivity index (χ2v) is 2.68. The van der Waals surface area contributed by atoms with Crippen molar-refractivity contribution in [2.75, 3.05) is 0 Å². The molecule has 1 aromatic heterocycles. The lowest BCUT2D eigenvalue weighted by Crippen LogP contribution is -1.86. The van der Waals surface area contributed by atoms with Crippen LogP contribution in [0.4, 0.5) is 0 Å². The van der Waals surface area contributed by atoms with E-state index in [4.69, 9.17) is 0 Å². The van der Waals surface area contributed by atoms with Crippen molar-refractivity contribution in [3.05, 3.63) is 42.5 Å². The molecule has 0 radical (unpaired) electrons. The van der Waals surface area contributed by atoms with Crippen molar-refractivity contribution in [1.82, 2.24) is 14.9 Å². The van der Waals surface area contributed by atoms with Gasteiger partial charge in [0.15, 0.2) is 0 Å². The number of aromatic hydroxyl groups is 1. The van der Waals surface area contributed by atoms with Crippen LogP contribution in [0.3, 0.4) is 0 Å². The van der Waals surface area contributed by atoms with Crippen LogP contribution in [0.15, 0.2) is 42.0 Å². The van der Waals surface area contributed by atoms with E-state index in [1.807, 2.05) is 6.07 Å². The van der Waals surface area contributed by atoms with Gasteiger partial charge >= 0.3 is 0 Å². The summed E-state index contributed by atoms with van der Waals surface area (Å²) in [7, 11) is 0. The minimum absolute atomic E-state index is 0.220. The van der Waals surface area contributed by atoms with Gasteiger partial charge in [0.1, 0.15) is 18.4 Å².